The third-order valence-electron chi connectivity index (χ3n) is 4.41. The van der Waals surface area contributed by atoms with Crippen molar-refractivity contribution < 1.29 is 8.42 Å². The molecule has 0 spiro atoms. The van der Waals surface area contributed by atoms with Gasteiger partial charge in [-0.2, -0.15) is 0 Å². The third-order valence-corrected chi connectivity index (χ3v) is 7.20. The van der Waals surface area contributed by atoms with E-state index in [1.165, 1.54) is 3.97 Å². The van der Waals surface area contributed by atoms with Gasteiger partial charge in [-0.15, -0.1) is 11.8 Å². The summed E-state index contributed by atoms with van der Waals surface area (Å²) < 4.78 is 28.6. The molecule has 4 rings (SSSR count). The second kappa shape index (κ2) is 7.38. The molecule has 9 heteroatoms. The molecule has 0 fully saturated rings. The normalized spacial score (nSPS) is 16.8. The van der Waals surface area contributed by atoms with Crippen molar-refractivity contribution in [3.8, 4) is 0 Å². The summed E-state index contributed by atoms with van der Waals surface area (Å²) in [6.07, 6.45) is 8.75. The molecule has 1 aromatic carbocycles. The molecule has 0 aliphatic carbocycles. The van der Waals surface area contributed by atoms with Crippen molar-refractivity contribution in [1.82, 2.24) is 14.3 Å². The highest BCUT2D eigenvalue weighted by atomic mass is 79.9. The molecule has 6 nitrogen and oxygen atoms in total. The van der Waals surface area contributed by atoms with Gasteiger partial charge in [0.25, 0.3) is 10.0 Å². The van der Waals surface area contributed by atoms with Gasteiger partial charge >= 0.3 is 0 Å². The lowest BCUT2D eigenvalue weighted by Crippen LogP contribution is -2.25. The summed E-state index contributed by atoms with van der Waals surface area (Å²) in [4.78, 5) is 8.94. The van der Waals surface area contributed by atoms with Crippen LogP contribution in [0, 0.1) is 6.92 Å². The molecule has 1 unspecified atom stereocenters. The topological polar surface area (TPSA) is 76.3 Å². The van der Waals surface area contributed by atoms with Gasteiger partial charge in [-0.05, 0) is 53.4 Å². The average molecular weight is 477 g/mol. The van der Waals surface area contributed by atoms with Gasteiger partial charge in [0.2, 0.25) is 0 Å². The molecule has 144 valence electrons. The Labute approximate surface area is 175 Å². The zero-order valence-electron chi connectivity index (χ0n) is 15.1. The van der Waals surface area contributed by atoms with Crippen molar-refractivity contribution in [3.05, 3.63) is 64.4 Å². The number of aryl methyl sites for hydroxylation is 1. The van der Waals surface area contributed by atoms with Crippen molar-refractivity contribution in [3.63, 3.8) is 0 Å². The van der Waals surface area contributed by atoms with E-state index in [2.05, 4.69) is 31.2 Å². The summed E-state index contributed by atoms with van der Waals surface area (Å²) in [6.45, 7) is 1.92. The van der Waals surface area contributed by atoms with E-state index in [1.807, 2.05) is 25.3 Å². The summed E-state index contributed by atoms with van der Waals surface area (Å²) >= 11 is 5.00. The number of pyridine rings is 1. The number of aromatic nitrogens is 2. The number of benzene rings is 1. The first-order valence-electron chi connectivity index (χ1n) is 8.42. The first kappa shape index (κ1) is 19.2. The molecule has 28 heavy (non-hydrogen) atoms. The van der Waals surface area contributed by atoms with E-state index in [4.69, 9.17) is 0 Å². The Kier molecular flexibility index (Phi) is 5.07. The Hall–Kier alpha value is -2.10. The molecule has 0 saturated heterocycles. The zero-order valence-corrected chi connectivity index (χ0v) is 18.3. The molecule has 3 aromatic rings. The van der Waals surface area contributed by atoms with Crippen molar-refractivity contribution in [2.24, 2.45) is 4.99 Å². The lowest BCUT2D eigenvalue weighted by atomic mass is 10.1. The zero-order chi connectivity index (χ0) is 19.9. The molecule has 0 saturated carbocycles. The first-order valence-corrected chi connectivity index (χ1v) is 11.9. The highest BCUT2D eigenvalue weighted by Gasteiger charge is 2.24. The molecule has 1 aliphatic heterocycles. The maximum Gasteiger partial charge on any atom is 0.269 e. The smallest absolute Gasteiger partial charge is 0.269 e. The fraction of sp³-hybridized carbons (Fsp3) is 0.158. The number of fused-ring (bicyclic) bond motifs is 1. The van der Waals surface area contributed by atoms with E-state index < -0.39 is 10.0 Å². The molecule has 2 aromatic heterocycles. The standard InChI is InChI=1S/C19H17BrN4O2S2/c1-12-3-5-14(6-4-12)28(25,26)24-11-16(15-9-13(20)10-22-18(15)24)17-7-8-21-19(23-17)27-2/h3-11,19,23H,1-2H3. The van der Waals surface area contributed by atoms with Crippen LogP contribution in [-0.2, 0) is 10.0 Å². The van der Waals surface area contributed by atoms with Gasteiger partial charge in [-0.25, -0.2) is 17.4 Å². The van der Waals surface area contributed by atoms with Gasteiger partial charge in [0.1, 0.15) is 0 Å². The molecule has 0 bridgehead atoms. The summed E-state index contributed by atoms with van der Waals surface area (Å²) in [5.41, 5.74) is 2.82. The lowest BCUT2D eigenvalue weighted by Gasteiger charge is -2.18. The SMILES string of the molecule is CSC1N=CC=C(c2cn(S(=O)(=O)c3ccc(C)cc3)c3ncc(Br)cc23)N1. The van der Waals surface area contributed by atoms with E-state index in [-0.39, 0.29) is 10.4 Å². The minimum absolute atomic E-state index is 0.118. The summed E-state index contributed by atoms with van der Waals surface area (Å²) in [6, 6.07) is 8.68. The van der Waals surface area contributed by atoms with Crippen LogP contribution in [0.15, 0.2) is 63.2 Å². The Balaban J connectivity index is 1.92. The van der Waals surface area contributed by atoms with Crippen LogP contribution >= 0.6 is 27.7 Å². The van der Waals surface area contributed by atoms with Crippen LogP contribution in [0.1, 0.15) is 11.1 Å². The predicted octanol–water partition coefficient (Wildman–Crippen LogP) is 4.01. The summed E-state index contributed by atoms with van der Waals surface area (Å²) in [5.74, 6) is 0. The van der Waals surface area contributed by atoms with Crippen molar-refractivity contribution in [2.45, 2.75) is 17.3 Å². The second-order valence-electron chi connectivity index (χ2n) is 6.29. The van der Waals surface area contributed by atoms with E-state index >= 15 is 0 Å². The molecule has 0 amide bonds. The molecular formula is C19H17BrN4O2S2. The van der Waals surface area contributed by atoms with Gasteiger partial charge in [0.05, 0.1) is 4.90 Å². The molecule has 1 N–H and O–H groups in total. The number of hydrogen-bond donors (Lipinski definition) is 1. The second-order valence-corrected chi connectivity index (χ2v) is 9.94. The van der Waals surface area contributed by atoms with E-state index in [1.54, 1.807) is 54.6 Å². The highest BCUT2D eigenvalue weighted by Crippen LogP contribution is 2.31. The number of nitrogens with one attached hydrogen (secondary N) is 1. The van der Waals surface area contributed by atoms with Gasteiger partial charge in [-0.3, -0.25) is 4.99 Å². The molecule has 1 aliphatic rings. The summed E-state index contributed by atoms with van der Waals surface area (Å²) in [5, 5.41) is 4.05. The van der Waals surface area contributed by atoms with Crippen LogP contribution in [0.5, 0.6) is 0 Å². The summed E-state index contributed by atoms with van der Waals surface area (Å²) in [7, 11) is -3.79. The van der Waals surface area contributed by atoms with Crippen LogP contribution in [0.4, 0.5) is 0 Å². The highest BCUT2D eigenvalue weighted by molar-refractivity contribution is 9.10. The molecular weight excluding hydrogens is 460 g/mol. The van der Waals surface area contributed by atoms with E-state index in [0.717, 1.165) is 26.7 Å². The minimum Gasteiger partial charge on any atom is -0.355 e. The maximum atomic E-state index is 13.3. The number of hydrogen-bond acceptors (Lipinski definition) is 6. The van der Waals surface area contributed by atoms with Crippen LogP contribution in [0.25, 0.3) is 16.7 Å². The Morgan fingerprint density at radius 2 is 2.00 bits per heavy atom. The van der Waals surface area contributed by atoms with E-state index in [9.17, 15) is 8.42 Å². The number of aliphatic imine (C=N–C) groups is 1. The van der Waals surface area contributed by atoms with Crippen LogP contribution < -0.4 is 5.32 Å². The number of thioether (sulfide) groups is 1. The molecule has 0 radical (unpaired) electrons. The van der Waals surface area contributed by atoms with Crippen molar-refractivity contribution in [1.29, 1.82) is 0 Å². The molecule has 3 heterocycles. The van der Waals surface area contributed by atoms with Crippen molar-refractivity contribution in [2.75, 3.05) is 6.26 Å². The average Bonchev–Trinajstić information content (AvgIpc) is 3.08. The Morgan fingerprint density at radius 1 is 1.25 bits per heavy atom. The molecule has 1 atom stereocenters. The van der Waals surface area contributed by atoms with Gasteiger partial charge in [0.15, 0.2) is 11.1 Å². The fourth-order valence-corrected chi connectivity index (χ4v) is 5.07. The number of rotatable bonds is 4. The van der Waals surface area contributed by atoms with Crippen LogP contribution in [0.3, 0.4) is 0 Å². The largest absolute Gasteiger partial charge is 0.355 e. The third kappa shape index (κ3) is 3.38. The predicted molar refractivity (Wildman–Crippen MR) is 118 cm³/mol. The Morgan fingerprint density at radius 3 is 2.71 bits per heavy atom. The number of nitrogens with zero attached hydrogens (tertiary/aromatic N) is 3. The van der Waals surface area contributed by atoms with Crippen LogP contribution in [0.2, 0.25) is 0 Å². The van der Waals surface area contributed by atoms with Gasteiger partial charge in [0, 0.05) is 39.7 Å². The first-order chi connectivity index (χ1) is 13.4. The fourth-order valence-electron chi connectivity index (χ4n) is 2.98. The number of allylic oxidation sites excluding steroid dienone is 1. The monoisotopic (exact) mass is 476 g/mol. The Bertz CT molecular complexity index is 1210. The number of halogens is 1. The minimum atomic E-state index is -3.79. The van der Waals surface area contributed by atoms with Crippen molar-refractivity contribution >= 4 is 60.7 Å². The van der Waals surface area contributed by atoms with Crippen LogP contribution in [-0.4, -0.2) is 35.3 Å². The quantitative estimate of drug-likeness (QED) is 0.615. The van der Waals surface area contributed by atoms with E-state index in [0.29, 0.717) is 5.65 Å². The van der Waals surface area contributed by atoms with Gasteiger partial charge < -0.3 is 5.32 Å². The van der Waals surface area contributed by atoms with Gasteiger partial charge in [-0.1, -0.05) is 17.7 Å². The maximum absolute atomic E-state index is 13.3. The lowest BCUT2D eigenvalue weighted by molar-refractivity contribution is 0.588.